The summed E-state index contributed by atoms with van der Waals surface area (Å²) in [6.07, 6.45) is 4.51. The predicted octanol–water partition coefficient (Wildman–Crippen LogP) is 1.33. The number of ether oxygens (including phenoxy) is 1. The smallest absolute Gasteiger partial charge is 0.306 e. The minimum absolute atomic E-state index is 0.133. The SMILES string of the molecule is COC(=O)CCNC(C)CC1CC1. The van der Waals surface area contributed by atoms with Gasteiger partial charge < -0.3 is 10.1 Å². The van der Waals surface area contributed by atoms with Crippen LogP contribution in [-0.4, -0.2) is 25.7 Å². The summed E-state index contributed by atoms with van der Waals surface area (Å²) < 4.78 is 4.55. The van der Waals surface area contributed by atoms with E-state index < -0.39 is 0 Å². The fourth-order valence-electron chi connectivity index (χ4n) is 1.46. The largest absolute Gasteiger partial charge is 0.469 e. The molecule has 1 rings (SSSR count). The summed E-state index contributed by atoms with van der Waals surface area (Å²) in [6, 6.07) is 0.539. The van der Waals surface area contributed by atoms with Crippen LogP contribution in [0.4, 0.5) is 0 Å². The number of carbonyl (C=O) groups excluding carboxylic acids is 1. The van der Waals surface area contributed by atoms with Gasteiger partial charge in [0.15, 0.2) is 0 Å². The van der Waals surface area contributed by atoms with Gasteiger partial charge in [0.05, 0.1) is 13.5 Å². The lowest BCUT2D eigenvalue weighted by Gasteiger charge is -2.12. The molecular weight excluding hydrogens is 166 g/mol. The van der Waals surface area contributed by atoms with Crippen molar-refractivity contribution in [2.75, 3.05) is 13.7 Å². The van der Waals surface area contributed by atoms with E-state index in [2.05, 4.69) is 17.0 Å². The van der Waals surface area contributed by atoms with Gasteiger partial charge >= 0.3 is 5.97 Å². The minimum atomic E-state index is -0.133. The quantitative estimate of drug-likeness (QED) is 0.634. The maximum atomic E-state index is 10.8. The van der Waals surface area contributed by atoms with Gasteiger partial charge in [-0.05, 0) is 19.3 Å². The average Bonchev–Trinajstić information content (AvgIpc) is 2.88. The molecule has 0 spiro atoms. The maximum absolute atomic E-state index is 10.8. The van der Waals surface area contributed by atoms with Gasteiger partial charge in [-0.25, -0.2) is 0 Å². The Hall–Kier alpha value is -0.570. The minimum Gasteiger partial charge on any atom is -0.469 e. The zero-order chi connectivity index (χ0) is 9.68. The van der Waals surface area contributed by atoms with Gasteiger partial charge in [0, 0.05) is 12.6 Å². The average molecular weight is 185 g/mol. The third-order valence-corrected chi connectivity index (χ3v) is 2.43. The van der Waals surface area contributed by atoms with E-state index in [-0.39, 0.29) is 5.97 Å². The van der Waals surface area contributed by atoms with Crippen molar-refractivity contribution in [1.29, 1.82) is 0 Å². The van der Waals surface area contributed by atoms with Gasteiger partial charge in [0.25, 0.3) is 0 Å². The molecule has 1 unspecified atom stereocenters. The van der Waals surface area contributed by atoms with Gasteiger partial charge in [0.2, 0.25) is 0 Å². The van der Waals surface area contributed by atoms with Gasteiger partial charge in [-0.1, -0.05) is 12.8 Å². The number of hydrogen-bond donors (Lipinski definition) is 1. The first kappa shape index (κ1) is 10.5. The van der Waals surface area contributed by atoms with E-state index in [0.717, 1.165) is 12.5 Å². The fraction of sp³-hybridized carbons (Fsp3) is 0.900. The Balaban J connectivity index is 1.94. The zero-order valence-corrected chi connectivity index (χ0v) is 8.51. The molecule has 0 heterocycles. The van der Waals surface area contributed by atoms with Gasteiger partial charge in [-0.2, -0.15) is 0 Å². The number of hydrogen-bond acceptors (Lipinski definition) is 3. The summed E-state index contributed by atoms with van der Waals surface area (Å²) in [5.41, 5.74) is 0. The Morgan fingerprint density at radius 2 is 2.31 bits per heavy atom. The molecule has 0 bridgehead atoms. The lowest BCUT2D eigenvalue weighted by Crippen LogP contribution is -2.28. The highest BCUT2D eigenvalue weighted by Crippen LogP contribution is 2.33. The summed E-state index contributed by atoms with van der Waals surface area (Å²) >= 11 is 0. The summed E-state index contributed by atoms with van der Waals surface area (Å²) in [4.78, 5) is 10.8. The van der Waals surface area contributed by atoms with Crippen molar-refractivity contribution in [3.05, 3.63) is 0 Å². The molecule has 0 aliphatic heterocycles. The third-order valence-electron chi connectivity index (χ3n) is 2.43. The van der Waals surface area contributed by atoms with Gasteiger partial charge in [-0.15, -0.1) is 0 Å². The van der Waals surface area contributed by atoms with Crippen molar-refractivity contribution < 1.29 is 9.53 Å². The van der Waals surface area contributed by atoms with Crippen molar-refractivity contribution in [2.45, 2.75) is 38.6 Å². The standard InChI is InChI=1S/C10H19NO2/c1-8(7-9-3-4-9)11-6-5-10(12)13-2/h8-9,11H,3-7H2,1-2H3. The number of esters is 1. The summed E-state index contributed by atoms with van der Waals surface area (Å²) in [7, 11) is 1.43. The van der Waals surface area contributed by atoms with Crippen LogP contribution in [-0.2, 0) is 9.53 Å². The second-order valence-corrected chi connectivity index (χ2v) is 3.86. The Labute approximate surface area is 79.8 Å². The van der Waals surface area contributed by atoms with E-state index in [0.29, 0.717) is 12.5 Å². The first-order valence-corrected chi connectivity index (χ1v) is 5.02. The number of carbonyl (C=O) groups is 1. The van der Waals surface area contributed by atoms with Gasteiger partial charge in [0.1, 0.15) is 0 Å². The molecule has 1 N–H and O–H groups in total. The van der Waals surface area contributed by atoms with E-state index in [1.54, 1.807) is 0 Å². The first-order chi connectivity index (χ1) is 6.22. The lowest BCUT2D eigenvalue weighted by molar-refractivity contribution is -0.140. The molecule has 1 atom stereocenters. The van der Waals surface area contributed by atoms with E-state index in [1.807, 2.05) is 0 Å². The highest BCUT2D eigenvalue weighted by molar-refractivity contribution is 5.69. The number of rotatable bonds is 6. The molecule has 0 aromatic rings. The summed E-state index contributed by atoms with van der Waals surface area (Å²) in [6.45, 7) is 2.91. The molecule has 76 valence electrons. The normalized spacial score (nSPS) is 18.3. The topological polar surface area (TPSA) is 38.3 Å². The van der Waals surface area contributed by atoms with Crippen LogP contribution in [0.2, 0.25) is 0 Å². The Morgan fingerprint density at radius 3 is 2.85 bits per heavy atom. The van der Waals surface area contributed by atoms with E-state index in [1.165, 1.54) is 26.4 Å². The van der Waals surface area contributed by atoms with Crippen molar-refractivity contribution in [3.63, 3.8) is 0 Å². The van der Waals surface area contributed by atoms with Crippen molar-refractivity contribution in [3.8, 4) is 0 Å². The molecule has 0 saturated heterocycles. The van der Waals surface area contributed by atoms with E-state index in [9.17, 15) is 4.79 Å². The second-order valence-electron chi connectivity index (χ2n) is 3.86. The third kappa shape index (κ3) is 4.88. The molecular formula is C10H19NO2. The van der Waals surface area contributed by atoms with Crippen molar-refractivity contribution in [2.24, 2.45) is 5.92 Å². The predicted molar refractivity (Wildman–Crippen MR) is 51.4 cm³/mol. The van der Waals surface area contributed by atoms with Crippen LogP contribution in [0, 0.1) is 5.92 Å². The van der Waals surface area contributed by atoms with Crippen LogP contribution >= 0.6 is 0 Å². The molecule has 1 aliphatic carbocycles. The van der Waals surface area contributed by atoms with Gasteiger partial charge in [-0.3, -0.25) is 4.79 Å². The Kier molecular flexibility index (Phi) is 4.22. The first-order valence-electron chi connectivity index (χ1n) is 5.02. The van der Waals surface area contributed by atoms with Crippen molar-refractivity contribution >= 4 is 5.97 Å². The molecule has 1 fully saturated rings. The molecule has 0 aromatic heterocycles. The van der Waals surface area contributed by atoms with Crippen LogP contribution < -0.4 is 5.32 Å². The molecule has 13 heavy (non-hydrogen) atoms. The van der Waals surface area contributed by atoms with E-state index in [4.69, 9.17) is 0 Å². The van der Waals surface area contributed by atoms with Crippen LogP contribution in [0.3, 0.4) is 0 Å². The zero-order valence-electron chi connectivity index (χ0n) is 8.51. The summed E-state index contributed by atoms with van der Waals surface area (Å²) in [5.74, 6) is 0.812. The second kappa shape index (κ2) is 5.22. The highest BCUT2D eigenvalue weighted by Gasteiger charge is 2.23. The molecule has 3 nitrogen and oxygen atoms in total. The van der Waals surface area contributed by atoms with E-state index >= 15 is 0 Å². The summed E-state index contributed by atoms with van der Waals surface area (Å²) in [5, 5.41) is 3.32. The monoisotopic (exact) mass is 185 g/mol. The number of methoxy groups -OCH3 is 1. The number of nitrogens with one attached hydrogen (secondary N) is 1. The van der Waals surface area contributed by atoms with Crippen LogP contribution in [0.5, 0.6) is 0 Å². The molecule has 0 aromatic carbocycles. The molecule has 1 aliphatic rings. The maximum Gasteiger partial charge on any atom is 0.306 e. The van der Waals surface area contributed by atoms with Crippen LogP contribution in [0.1, 0.15) is 32.6 Å². The fourth-order valence-corrected chi connectivity index (χ4v) is 1.46. The van der Waals surface area contributed by atoms with Crippen LogP contribution in [0.25, 0.3) is 0 Å². The lowest BCUT2D eigenvalue weighted by atomic mass is 10.1. The molecule has 0 amide bonds. The Morgan fingerprint density at radius 1 is 1.62 bits per heavy atom. The van der Waals surface area contributed by atoms with Crippen molar-refractivity contribution in [1.82, 2.24) is 5.32 Å². The molecule has 1 saturated carbocycles. The van der Waals surface area contributed by atoms with Crippen LogP contribution in [0.15, 0.2) is 0 Å². The molecule has 0 radical (unpaired) electrons. The Bertz CT molecular complexity index is 166. The highest BCUT2D eigenvalue weighted by atomic mass is 16.5. The molecule has 3 heteroatoms.